The molecule has 1 N–H and O–H groups in total. The van der Waals surface area contributed by atoms with Gasteiger partial charge in [0, 0.05) is 12.6 Å². The molecule has 0 amide bonds. The fraction of sp³-hybridized carbons (Fsp3) is 0.625. The van der Waals surface area contributed by atoms with E-state index in [-0.39, 0.29) is 6.10 Å². The second-order valence-corrected chi connectivity index (χ2v) is 5.85. The minimum atomic E-state index is 0.229. The van der Waals surface area contributed by atoms with Crippen LogP contribution in [0, 0.1) is 6.92 Å². The molecule has 18 heavy (non-hydrogen) atoms. The molecule has 1 saturated carbocycles. The lowest BCUT2D eigenvalue weighted by Gasteiger charge is -2.17. The molecule has 1 atom stereocenters. The number of ether oxygens (including phenoxy) is 1. The van der Waals surface area contributed by atoms with Gasteiger partial charge in [0.1, 0.15) is 11.9 Å². The summed E-state index contributed by atoms with van der Waals surface area (Å²) in [5.74, 6) is 1.55. The van der Waals surface area contributed by atoms with Crippen molar-refractivity contribution in [1.29, 1.82) is 0 Å². The summed E-state index contributed by atoms with van der Waals surface area (Å²) in [5, 5.41) is 3.50. The topological polar surface area (TPSA) is 21.3 Å². The van der Waals surface area contributed by atoms with E-state index < -0.39 is 0 Å². The van der Waals surface area contributed by atoms with Crippen molar-refractivity contribution < 1.29 is 4.74 Å². The van der Waals surface area contributed by atoms with E-state index in [1.54, 1.807) is 0 Å². The van der Waals surface area contributed by atoms with Crippen LogP contribution in [0.25, 0.3) is 0 Å². The smallest absolute Gasteiger partial charge is 0.120 e. The van der Waals surface area contributed by atoms with Crippen LogP contribution in [-0.4, -0.2) is 18.7 Å². The molecule has 0 saturated heterocycles. The second-order valence-electron chi connectivity index (χ2n) is 5.85. The minimum Gasteiger partial charge on any atom is -0.489 e. The van der Waals surface area contributed by atoms with Crippen molar-refractivity contribution in [2.24, 2.45) is 0 Å². The maximum atomic E-state index is 6.00. The summed E-state index contributed by atoms with van der Waals surface area (Å²) in [6, 6.07) is 7.29. The molecule has 0 heterocycles. The Morgan fingerprint density at radius 2 is 1.94 bits per heavy atom. The number of hydrogen-bond donors (Lipinski definition) is 1. The monoisotopic (exact) mass is 247 g/mol. The first kappa shape index (κ1) is 13.4. The van der Waals surface area contributed by atoms with Crippen molar-refractivity contribution >= 4 is 0 Å². The third-order valence-electron chi connectivity index (χ3n) is 3.35. The molecule has 1 aromatic rings. The fourth-order valence-electron chi connectivity index (χ4n) is 2.07. The van der Waals surface area contributed by atoms with Gasteiger partial charge in [0.15, 0.2) is 0 Å². The van der Waals surface area contributed by atoms with Crippen molar-refractivity contribution in [2.75, 3.05) is 6.54 Å². The van der Waals surface area contributed by atoms with Crippen LogP contribution in [-0.2, 0) is 0 Å². The van der Waals surface area contributed by atoms with Crippen LogP contribution in [0.1, 0.15) is 50.7 Å². The molecule has 2 heteroatoms. The van der Waals surface area contributed by atoms with Gasteiger partial charge in [-0.1, -0.05) is 19.9 Å². The Bertz CT molecular complexity index is 396. The van der Waals surface area contributed by atoms with Gasteiger partial charge in [-0.05, 0) is 55.9 Å². The third-order valence-corrected chi connectivity index (χ3v) is 3.35. The van der Waals surface area contributed by atoms with Crippen molar-refractivity contribution in [2.45, 2.75) is 58.6 Å². The molecular formula is C16H25NO. The predicted molar refractivity (Wildman–Crippen MR) is 76.4 cm³/mol. The number of hydrogen-bond acceptors (Lipinski definition) is 2. The molecule has 0 aromatic heterocycles. The van der Waals surface area contributed by atoms with Crippen molar-refractivity contribution in [1.82, 2.24) is 5.32 Å². The zero-order valence-corrected chi connectivity index (χ0v) is 12.0. The van der Waals surface area contributed by atoms with E-state index in [1.165, 1.54) is 24.0 Å². The van der Waals surface area contributed by atoms with E-state index in [0.717, 1.165) is 18.3 Å². The van der Waals surface area contributed by atoms with Crippen LogP contribution >= 0.6 is 0 Å². The van der Waals surface area contributed by atoms with Gasteiger partial charge in [-0.3, -0.25) is 0 Å². The van der Waals surface area contributed by atoms with Gasteiger partial charge in [-0.15, -0.1) is 0 Å². The van der Waals surface area contributed by atoms with E-state index in [1.807, 2.05) is 0 Å². The van der Waals surface area contributed by atoms with Gasteiger partial charge in [-0.2, -0.15) is 0 Å². The van der Waals surface area contributed by atoms with Crippen LogP contribution in [0.2, 0.25) is 0 Å². The zero-order chi connectivity index (χ0) is 13.1. The average molecular weight is 247 g/mol. The fourth-order valence-corrected chi connectivity index (χ4v) is 2.07. The highest BCUT2D eigenvalue weighted by Crippen LogP contribution is 2.24. The lowest BCUT2D eigenvalue weighted by atomic mass is 10.0. The van der Waals surface area contributed by atoms with Gasteiger partial charge in [0.2, 0.25) is 0 Å². The standard InChI is InChI=1S/C16H25NO/c1-11(2)14-7-12(3)8-16(9-14)18-13(4)10-17-15-5-6-15/h7-9,11,13,15,17H,5-6,10H2,1-4H3. The summed E-state index contributed by atoms with van der Waals surface area (Å²) in [5.41, 5.74) is 2.63. The Kier molecular flexibility index (Phi) is 4.28. The summed E-state index contributed by atoms with van der Waals surface area (Å²) in [4.78, 5) is 0. The van der Waals surface area contributed by atoms with Crippen LogP contribution in [0.5, 0.6) is 5.75 Å². The molecule has 1 aliphatic rings. The molecular weight excluding hydrogens is 222 g/mol. The molecule has 1 aromatic carbocycles. The summed E-state index contributed by atoms with van der Waals surface area (Å²) in [6.07, 6.45) is 2.89. The van der Waals surface area contributed by atoms with Gasteiger partial charge >= 0.3 is 0 Å². The zero-order valence-electron chi connectivity index (χ0n) is 12.0. The molecule has 100 valence electrons. The summed E-state index contributed by atoms with van der Waals surface area (Å²) in [7, 11) is 0. The molecule has 1 fully saturated rings. The first-order valence-electron chi connectivity index (χ1n) is 7.06. The molecule has 0 aliphatic heterocycles. The van der Waals surface area contributed by atoms with Gasteiger partial charge in [-0.25, -0.2) is 0 Å². The van der Waals surface area contributed by atoms with Gasteiger partial charge < -0.3 is 10.1 Å². The van der Waals surface area contributed by atoms with Crippen LogP contribution in [0.3, 0.4) is 0 Å². The Morgan fingerprint density at radius 3 is 2.56 bits per heavy atom. The molecule has 1 unspecified atom stereocenters. The minimum absolute atomic E-state index is 0.229. The maximum Gasteiger partial charge on any atom is 0.120 e. The highest BCUT2D eigenvalue weighted by molar-refractivity contribution is 5.35. The number of rotatable bonds is 6. The normalized spacial score (nSPS) is 16.9. The Balaban J connectivity index is 1.94. The number of nitrogens with one attached hydrogen (secondary N) is 1. The van der Waals surface area contributed by atoms with E-state index >= 15 is 0 Å². The first-order chi connectivity index (χ1) is 8.54. The SMILES string of the molecule is Cc1cc(OC(C)CNC2CC2)cc(C(C)C)c1. The third kappa shape index (κ3) is 4.02. The maximum absolute atomic E-state index is 6.00. The number of benzene rings is 1. The van der Waals surface area contributed by atoms with Crippen molar-refractivity contribution in [3.63, 3.8) is 0 Å². The number of aryl methyl sites for hydroxylation is 1. The highest BCUT2D eigenvalue weighted by atomic mass is 16.5. The summed E-state index contributed by atoms with van der Waals surface area (Å²) < 4.78 is 6.00. The second kappa shape index (κ2) is 5.75. The Hall–Kier alpha value is -1.02. The average Bonchev–Trinajstić information content (AvgIpc) is 3.09. The largest absolute Gasteiger partial charge is 0.489 e. The molecule has 2 rings (SSSR count). The van der Waals surface area contributed by atoms with Crippen molar-refractivity contribution in [3.8, 4) is 5.75 Å². The van der Waals surface area contributed by atoms with Crippen LogP contribution in [0.4, 0.5) is 0 Å². The lowest BCUT2D eigenvalue weighted by molar-refractivity contribution is 0.216. The van der Waals surface area contributed by atoms with E-state index in [0.29, 0.717) is 5.92 Å². The van der Waals surface area contributed by atoms with Crippen LogP contribution in [0.15, 0.2) is 18.2 Å². The molecule has 0 radical (unpaired) electrons. The van der Waals surface area contributed by atoms with Gasteiger partial charge in [0.25, 0.3) is 0 Å². The Labute approximate surface area is 111 Å². The van der Waals surface area contributed by atoms with Crippen LogP contribution < -0.4 is 10.1 Å². The first-order valence-corrected chi connectivity index (χ1v) is 7.06. The van der Waals surface area contributed by atoms with E-state index in [2.05, 4.69) is 51.2 Å². The summed E-state index contributed by atoms with van der Waals surface area (Å²) >= 11 is 0. The molecule has 2 nitrogen and oxygen atoms in total. The lowest BCUT2D eigenvalue weighted by Crippen LogP contribution is -2.30. The summed E-state index contributed by atoms with van der Waals surface area (Å²) in [6.45, 7) is 9.64. The quantitative estimate of drug-likeness (QED) is 0.828. The highest BCUT2D eigenvalue weighted by Gasteiger charge is 2.21. The molecule has 0 spiro atoms. The van der Waals surface area contributed by atoms with Gasteiger partial charge in [0.05, 0.1) is 0 Å². The molecule has 0 bridgehead atoms. The Morgan fingerprint density at radius 1 is 1.22 bits per heavy atom. The van der Waals surface area contributed by atoms with Crippen molar-refractivity contribution in [3.05, 3.63) is 29.3 Å². The molecule has 1 aliphatic carbocycles. The predicted octanol–water partition coefficient (Wildman–Crippen LogP) is 3.64. The van der Waals surface area contributed by atoms with E-state index in [9.17, 15) is 0 Å². The van der Waals surface area contributed by atoms with E-state index in [4.69, 9.17) is 4.74 Å².